The summed E-state index contributed by atoms with van der Waals surface area (Å²) >= 11 is 0. The minimum absolute atomic E-state index is 0.0583. The second-order valence-electron chi connectivity index (χ2n) is 7.04. The van der Waals surface area contributed by atoms with Gasteiger partial charge in [0.15, 0.2) is 11.6 Å². The topological polar surface area (TPSA) is 62.6 Å². The molecular weight excluding hydrogens is 342 g/mol. The largest absolute Gasteiger partial charge is 0.472 e. The molecule has 1 saturated heterocycles. The molecule has 136 valence electrons. The van der Waals surface area contributed by atoms with Crippen LogP contribution in [0.5, 0.6) is 0 Å². The lowest BCUT2D eigenvalue weighted by atomic mass is 9.90. The van der Waals surface area contributed by atoms with Crippen molar-refractivity contribution in [2.24, 2.45) is 11.3 Å². The normalized spacial score (nSPS) is 20.8. The third-order valence-corrected chi connectivity index (χ3v) is 5.51. The number of benzene rings is 1. The number of anilines is 1. The smallest absolute Gasteiger partial charge is 0.257 e. The Labute approximate surface area is 149 Å². The van der Waals surface area contributed by atoms with Gasteiger partial charge in [-0.3, -0.25) is 9.59 Å². The van der Waals surface area contributed by atoms with Gasteiger partial charge in [0.05, 0.1) is 11.8 Å². The molecule has 0 bridgehead atoms. The first-order valence-electron chi connectivity index (χ1n) is 8.56. The van der Waals surface area contributed by atoms with E-state index in [4.69, 9.17) is 4.42 Å². The number of piperidine rings is 1. The second-order valence-corrected chi connectivity index (χ2v) is 7.04. The van der Waals surface area contributed by atoms with Gasteiger partial charge in [0, 0.05) is 30.8 Å². The van der Waals surface area contributed by atoms with Crippen LogP contribution >= 0.6 is 0 Å². The first-order valence-corrected chi connectivity index (χ1v) is 8.56. The first kappa shape index (κ1) is 16.8. The Kier molecular flexibility index (Phi) is 4.01. The van der Waals surface area contributed by atoms with Gasteiger partial charge in [0.1, 0.15) is 6.26 Å². The number of hydrogen-bond acceptors (Lipinski definition) is 3. The molecular formula is C19H18F2N2O3. The Morgan fingerprint density at radius 3 is 2.58 bits per heavy atom. The zero-order valence-corrected chi connectivity index (χ0v) is 14.0. The molecule has 1 aromatic heterocycles. The van der Waals surface area contributed by atoms with Crippen LogP contribution in [0.4, 0.5) is 14.5 Å². The van der Waals surface area contributed by atoms with E-state index in [1.807, 2.05) is 0 Å². The van der Waals surface area contributed by atoms with Crippen molar-refractivity contribution in [2.75, 3.05) is 18.4 Å². The zero-order valence-electron chi connectivity index (χ0n) is 14.0. The van der Waals surface area contributed by atoms with Gasteiger partial charge in [-0.1, -0.05) is 0 Å². The molecule has 0 radical (unpaired) electrons. The van der Waals surface area contributed by atoms with E-state index in [1.165, 1.54) is 18.6 Å². The summed E-state index contributed by atoms with van der Waals surface area (Å²) in [6, 6.07) is 4.96. The Morgan fingerprint density at radius 2 is 1.92 bits per heavy atom. The third-order valence-electron chi connectivity index (χ3n) is 5.51. The Balaban J connectivity index is 1.34. The Hall–Kier alpha value is -2.70. The van der Waals surface area contributed by atoms with Gasteiger partial charge >= 0.3 is 0 Å². The van der Waals surface area contributed by atoms with Crippen molar-refractivity contribution in [3.05, 3.63) is 54.0 Å². The van der Waals surface area contributed by atoms with Crippen molar-refractivity contribution in [1.82, 2.24) is 4.90 Å². The molecule has 2 amide bonds. The minimum Gasteiger partial charge on any atom is -0.472 e. The van der Waals surface area contributed by atoms with Crippen LogP contribution in [0.1, 0.15) is 29.6 Å². The summed E-state index contributed by atoms with van der Waals surface area (Å²) in [5.41, 5.74) is 0.698. The highest BCUT2D eigenvalue weighted by atomic mass is 19.2. The Morgan fingerprint density at radius 1 is 1.15 bits per heavy atom. The van der Waals surface area contributed by atoms with E-state index in [2.05, 4.69) is 5.32 Å². The molecule has 1 N–H and O–H groups in total. The van der Waals surface area contributed by atoms with E-state index in [0.29, 0.717) is 18.7 Å². The molecule has 7 heteroatoms. The predicted octanol–water partition coefficient (Wildman–Crippen LogP) is 3.44. The summed E-state index contributed by atoms with van der Waals surface area (Å²) in [6.45, 7) is 1.19. The van der Waals surface area contributed by atoms with Gasteiger partial charge in [-0.2, -0.15) is 0 Å². The molecule has 0 unspecified atom stereocenters. The van der Waals surface area contributed by atoms with Crippen LogP contribution in [0.25, 0.3) is 0 Å². The average Bonchev–Trinajstić information content (AvgIpc) is 3.07. The van der Waals surface area contributed by atoms with Crippen molar-refractivity contribution in [3.63, 3.8) is 0 Å². The van der Waals surface area contributed by atoms with Crippen LogP contribution < -0.4 is 5.32 Å². The summed E-state index contributed by atoms with van der Waals surface area (Å²) in [5, 5.41) is 2.66. The lowest BCUT2D eigenvalue weighted by Gasteiger charge is -2.32. The molecule has 2 heterocycles. The minimum atomic E-state index is -0.987. The van der Waals surface area contributed by atoms with Crippen molar-refractivity contribution >= 4 is 17.5 Å². The fraction of sp³-hybridized carbons (Fsp3) is 0.368. The summed E-state index contributed by atoms with van der Waals surface area (Å²) in [6.07, 6.45) is 5.18. The number of likely N-dealkylation sites (tertiary alicyclic amines) is 1. The molecule has 1 saturated carbocycles. The van der Waals surface area contributed by atoms with Crippen LogP contribution in [-0.2, 0) is 4.79 Å². The molecule has 2 aromatic rings. The highest BCUT2D eigenvalue weighted by Crippen LogP contribution is 2.59. The standard InChI is InChI=1S/C19H18F2N2O3/c20-15-2-1-13(9-16(15)21)22-17(24)14-10-19(14)4-6-23(7-5-19)18(25)12-3-8-26-11-12/h1-3,8-9,11,14H,4-7,10H2,(H,22,24)/t14-/m0/s1. The number of carbonyl (C=O) groups is 2. The first-order chi connectivity index (χ1) is 12.5. The van der Waals surface area contributed by atoms with Gasteiger partial charge in [0.25, 0.3) is 5.91 Å². The van der Waals surface area contributed by atoms with E-state index in [1.54, 1.807) is 11.0 Å². The highest BCUT2D eigenvalue weighted by molar-refractivity contribution is 5.95. The van der Waals surface area contributed by atoms with Crippen LogP contribution in [0.3, 0.4) is 0 Å². The van der Waals surface area contributed by atoms with Crippen molar-refractivity contribution < 1.29 is 22.8 Å². The Bertz CT molecular complexity index is 842. The van der Waals surface area contributed by atoms with E-state index >= 15 is 0 Å². The van der Waals surface area contributed by atoms with Gasteiger partial charge in [-0.25, -0.2) is 8.78 Å². The number of nitrogens with one attached hydrogen (secondary N) is 1. The number of halogens is 2. The second kappa shape index (κ2) is 6.23. The summed E-state index contributed by atoms with van der Waals surface area (Å²) in [7, 11) is 0. The van der Waals surface area contributed by atoms with Crippen LogP contribution in [0, 0.1) is 23.0 Å². The molecule has 1 aliphatic heterocycles. The summed E-state index contributed by atoms with van der Waals surface area (Å²) < 4.78 is 31.2. The summed E-state index contributed by atoms with van der Waals surface area (Å²) in [5.74, 6) is -2.32. The third kappa shape index (κ3) is 2.98. The number of amides is 2. The van der Waals surface area contributed by atoms with Crippen LogP contribution in [0.15, 0.2) is 41.2 Å². The van der Waals surface area contributed by atoms with Gasteiger partial charge in [-0.15, -0.1) is 0 Å². The summed E-state index contributed by atoms with van der Waals surface area (Å²) in [4.78, 5) is 26.5. The highest BCUT2D eigenvalue weighted by Gasteiger charge is 2.58. The maximum absolute atomic E-state index is 13.3. The van der Waals surface area contributed by atoms with Crippen LogP contribution in [-0.4, -0.2) is 29.8 Å². The van der Waals surface area contributed by atoms with Gasteiger partial charge in [-0.05, 0) is 42.9 Å². The predicted molar refractivity (Wildman–Crippen MR) is 89.4 cm³/mol. The molecule has 1 spiro atoms. The van der Waals surface area contributed by atoms with Crippen molar-refractivity contribution in [1.29, 1.82) is 0 Å². The fourth-order valence-corrected chi connectivity index (χ4v) is 3.80. The number of nitrogens with zero attached hydrogens (tertiary/aromatic N) is 1. The van der Waals surface area contributed by atoms with Gasteiger partial charge < -0.3 is 14.6 Å². The van der Waals surface area contributed by atoms with E-state index in [0.717, 1.165) is 31.4 Å². The average molecular weight is 360 g/mol. The van der Waals surface area contributed by atoms with Gasteiger partial charge in [0.2, 0.25) is 5.91 Å². The molecule has 2 aliphatic rings. The molecule has 4 rings (SSSR count). The maximum Gasteiger partial charge on any atom is 0.257 e. The molecule has 26 heavy (non-hydrogen) atoms. The molecule has 1 aromatic carbocycles. The number of hydrogen-bond donors (Lipinski definition) is 1. The monoisotopic (exact) mass is 360 g/mol. The van der Waals surface area contributed by atoms with E-state index in [9.17, 15) is 18.4 Å². The van der Waals surface area contributed by atoms with Crippen molar-refractivity contribution in [3.8, 4) is 0 Å². The number of carbonyl (C=O) groups excluding carboxylic acids is 2. The molecule has 1 aliphatic carbocycles. The number of furan rings is 1. The molecule has 5 nitrogen and oxygen atoms in total. The zero-order chi connectivity index (χ0) is 18.3. The quantitative estimate of drug-likeness (QED) is 0.912. The van der Waals surface area contributed by atoms with E-state index < -0.39 is 11.6 Å². The molecule has 1 atom stereocenters. The van der Waals surface area contributed by atoms with Crippen LogP contribution in [0.2, 0.25) is 0 Å². The lowest BCUT2D eigenvalue weighted by Crippen LogP contribution is -2.40. The van der Waals surface area contributed by atoms with E-state index in [-0.39, 0.29) is 28.8 Å². The van der Waals surface area contributed by atoms with Crippen molar-refractivity contribution in [2.45, 2.75) is 19.3 Å². The fourth-order valence-electron chi connectivity index (χ4n) is 3.80. The number of rotatable bonds is 3. The molecule has 2 fully saturated rings. The maximum atomic E-state index is 13.3. The lowest BCUT2D eigenvalue weighted by molar-refractivity contribution is -0.118. The SMILES string of the molecule is O=C(Nc1ccc(F)c(F)c1)[C@@H]1CC12CCN(C(=O)c1ccoc1)CC2.